The monoisotopic (exact) mass is 367 g/mol. The highest BCUT2D eigenvalue weighted by molar-refractivity contribution is 7.45. The Balaban J connectivity index is 2.36. The molecule has 7 nitrogen and oxygen atoms in total. The first-order chi connectivity index (χ1) is 10.9. The van der Waals surface area contributed by atoms with Gasteiger partial charge in [-0.25, -0.2) is 0 Å². The number of hydrogen-bond acceptors (Lipinski definition) is 7. The molecule has 0 amide bonds. The average molecular weight is 367 g/mol. The smallest absolute Gasteiger partial charge is 0.267 e. The molecule has 134 valence electrons. The summed E-state index contributed by atoms with van der Waals surface area (Å²) in [5.41, 5.74) is 3.08. The number of hydrogen-bond donors (Lipinski definition) is 0. The number of thiazole rings is 1. The van der Waals surface area contributed by atoms with E-state index in [1.165, 1.54) is 0 Å². The molecule has 0 fully saturated rings. The number of aryl methyl sites for hydroxylation is 1. The Morgan fingerprint density at radius 2 is 2.04 bits per heavy atom. The number of ether oxygens (including phenoxy) is 2. The lowest BCUT2D eigenvalue weighted by atomic mass is 10.3. The van der Waals surface area contributed by atoms with Crippen molar-refractivity contribution in [3.63, 3.8) is 0 Å². The third-order valence-corrected chi connectivity index (χ3v) is 5.36. The standard InChI is InChI=1S/C14H26NO6PS/c1-5-18-9-13(19-6-2)10-21-22(16,17)20-8-7-14-12(3)15(4)11-23-14/h11,13H,5-10H2,1-4H3/t13-/m0/s1. The lowest BCUT2D eigenvalue weighted by molar-refractivity contribution is -0.673. The summed E-state index contributed by atoms with van der Waals surface area (Å²) in [6.07, 6.45) is 0.102. The van der Waals surface area contributed by atoms with Crippen LogP contribution in [0.4, 0.5) is 0 Å². The number of phosphoric ester groups is 1. The minimum absolute atomic E-state index is 0.0624. The summed E-state index contributed by atoms with van der Waals surface area (Å²) in [6.45, 7) is 6.91. The van der Waals surface area contributed by atoms with Crippen molar-refractivity contribution in [1.29, 1.82) is 0 Å². The molecule has 0 radical (unpaired) electrons. The number of aromatic nitrogens is 1. The van der Waals surface area contributed by atoms with Gasteiger partial charge in [-0.2, -0.15) is 4.57 Å². The van der Waals surface area contributed by atoms with Crippen molar-refractivity contribution in [2.75, 3.05) is 33.0 Å². The Hall–Kier alpha value is -0.340. The molecule has 1 rings (SSSR count). The van der Waals surface area contributed by atoms with Crippen LogP contribution in [0, 0.1) is 6.92 Å². The van der Waals surface area contributed by atoms with Crippen LogP contribution < -0.4 is 9.46 Å². The van der Waals surface area contributed by atoms with Crippen molar-refractivity contribution in [3.8, 4) is 0 Å². The molecule has 1 aromatic rings. The van der Waals surface area contributed by atoms with E-state index in [-0.39, 0.29) is 19.8 Å². The average Bonchev–Trinajstić information content (AvgIpc) is 2.82. The third kappa shape index (κ3) is 7.85. The molecular weight excluding hydrogens is 341 g/mol. The van der Waals surface area contributed by atoms with Crippen LogP contribution in [0.3, 0.4) is 0 Å². The first-order valence-corrected chi connectivity index (χ1v) is 9.95. The molecule has 0 N–H and O–H groups in total. The Morgan fingerprint density at radius 1 is 1.30 bits per heavy atom. The van der Waals surface area contributed by atoms with E-state index in [9.17, 15) is 9.46 Å². The lowest BCUT2D eigenvalue weighted by Gasteiger charge is -2.25. The molecule has 0 aliphatic heterocycles. The molecule has 23 heavy (non-hydrogen) atoms. The second-order valence-corrected chi connectivity index (χ2v) is 7.26. The predicted octanol–water partition coefficient (Wildman–Crippen LogP) is 1.37. The molecular formula is C14H26NO6PS. The first-order valence-electron chi connectivity index (χ1n) is 7.61. The van der Waals surface area contributed by atoms with Crippen molar-refractivity contribution in [3.05, 3.63) is 16.1 Å². The highest BCUT2D eigenvalue weighted by atomic mass is 32.1. The maximum Gasteiger partial charge on any atom is 0.267 e. The van der Waals surface area contributed by atoms with Gasteiger partial charge in [0.25, 0.3) is 7.82 Å². The zero-order chi connectivity index (χ0) is 17.3. The highest BCUT2D eigenvalue weighted by Crippen LogP contribution is 2.38. The van der Waals surface area contributed by atoms with Gasteiger partial charge in [0.2, 0.25) is 5.51 Å². The summed E-state index contributed by atoms with van der Waals surface area (Å²) in [7, 11) is -2.39. The molecule has 1 unspecified atom stereocenters. The van der Waals surface area contributed by atoms with Crippen LogP contribution >= 0.6 is 19.2 Å². The zero-order valence-electron chi connectivity index (χ0n) is 14.1. The lowest BCUT2D eigenvalue weighted by Crippen LogP contribution is -2.28. The molecule has 0 aliphatic rings. The summed E-state index contributed by atoms with van der Waals surface area (Å²) >= 11 is 1.57. The van der Waals surface area contributed by atoms with Gasteiger partial charge < -0.3 is 23.4 Å². The normalized spacial score (nSPS) is 15.5. The number of rotatable bonds is 12. The van der Waals surface area contributed by atoms with Crippen LogP contribution in [0.5, 0.6) is 0 Å². The second-order valence-electron chi connectivity index (χ2n) is 4.91. The fourth-order valence-electron chi connectivity index (χ4n) is 1.83. The summed E-state index contributed by atoms with van der Waals surface area (Å²) in [4.78, 5) is 12.9. The summed E-state index contributed by atoms with van der Waals surface area (Å²) in [6, 6.07) is 0. The molecule has 0 saturated heterocycles. The van der Waals surface area contributed by atoms with E-state index >= 15 is 0 Å². The largest absolute Gasteiger partial charge is 0.756 e. The SMILES string of the molecule is CCOC[C@@H](COP(=O)([O-])OCCc1sc[n+](C)c1C)OCC. The van der Waals surface area contributed by atoms with Gasteiger partial charge in [-0.1, -0.05) is 11.3 Å². The van der Waals surface area contributed by atoms with Gasteiger partial charge in [0.05, 0.1) is 24.7 Å². The van der Waals surface area contributed by atoms with E-state index in [4.69, 9.17) is 18.5 Å². The van der Waals surface area contributed by atoms with E-state index in [0.29, 0.717) is 19.6 Å². The maximum absolute atomic E-state index is 11.8. The van der Waals surface area contributed by atoms with Crippen LogP contribution in [0.15, 0.2) is 5.51 Å². The van der Waals surface area contributed by atoms with Crippen LogP contribution in [0.25, 0.3) is 0 Å². The first kappa shape index (κ1) is 20.7. The molecule has 9 heteroatoms. The van der Waals surface area contributed by atoms with Crippen molar-refractivity contribution in [1.82, 2.24) is 0 Å². The van der Waals surface area contributed by atoms with E-state index in [2.05, 4.69) is 0 Å². The van der Waals surface area contributed by atoms with Gasteiger partial charge >= 0.3 is 0 Å². The third-order valence-electron chi connectivity index (χ3n) is 3.19. The van der Waals surface area contributed by atoms with E-state index < -0.39 is 13.9 Å². The maximum atomic E-state index is 11.8. The topological polar surface area (TPSA) is 80.9 Å². The fraction of sp³-hybridized carbons (Fsp3) is 0.786. The van der Waals surface area contributed by atoms with Crippen LogP contribution in [0.1, 0.15) is 24.4 Å². The summed E-state index contributed by atoms with van der Waals surface area (Å²) in [5.74, 6) is 0. The van der Waals surface area contributed by atoms with Crippen molar-refractivity contribution >= 4 is 19.2 Å². The Labute approximate surface area is 141 Å². The number of nitrogens with zero attached hydrogens (tertiary/aromatic N) is 1. The van der Waals surface area contributed by atoms with Gasteiger partial charge in [-0.3, -0.25) is 4.57 Å². The van der Waals surface area contributed by atoms with E-state index in [0.717, 1.165) is 10.6 Å². The minimum Gasteiger partial charge on any atom is -0.756 e. The van der Waals surface area contributed by atoms with Gasteiger partial charge in [0.1, 0.15) is 13.2 Å². The molecule has 2 atom stereocenters. The molecule has 1 heterocycles. The number of phosphoric acid groups is 1. The fourth-order valence-corrected chi connectivity index (χ4v) is 3.53. The van der Waals surface area contributed by atoms with Crippen LogP contribution in [-0.4, -0.2) is 39.1 Å². The van der Waals surface area contributed by atoms with Gasteiger partial charge in [-0.05, 0) is 13.8 Å². The summed E-state index contributed by atoms with van der Waals surface area (Å²) in [5, 5.41) is 0. The minimum atomic E-state index is -4.34. The second kappa shape index (κ2) is 10.5. The predicted molar refractivity (Wildman–Crippen MR) is 85.4 cm³/mol. The van der Waals surface area contributed by atoms with Crippen molar-refractivity contribution < 1.29 is 32.5 Å². The Morgan fingerprint density at radius 3 is 2.61 bits per heavy atom. The zero-order valence-corrected chi connectivity index (χ0v) is 15.9. The van der Waals surface area contributed by atoms with Crippen molar-refractivity contribution in [2.24, 2.45) is 7.05 Å². The molecule has 0 aliphatic carbocycles. The van der Waals surface area contributed by atoms with E-state index in [1.54, 1.807) is 11.3 Å². The quantitative estimate of drug-likeness (QED) is 0.410. The summed E-state index contributed by atoms with van der Waals surface area (Å²) < 4.78 is 34.2. The van der Waals surface area contributed by atoms with Crippen molar-refractivity contribution in [2.45, 2.75) is 33.3 Å². The Bertz CT molecular complexity index is 509. The van der Waals surface area contributed by atoms with Gasteiger partial charge in [-0.15, -0.1) is 0 Å². The van der Waals surface area contributed by atoms with Crippen LogP contribution in [0.2, 0.25) is 0 Å². The van der Waals surface area contributed by atoms with E-state index in [1.807, 2.05) is 37.9 Å². The molecule has 0 aromatic carbocycles. The highest BCUT2D eigenvalue weighted by Gasteiger charge is 2.17. The van der Waals surface area contributed by atoms with Gasteiger partial charge in [0, 0.05) is 26.6 Å². The molecule has 0 bridgehead atoms. The molecule has 0 spiro atoms. The van der Waals surface area contributed by atoms with Crippen LogP contribution in [-0.2, 0) is 36.6 Å². The molecule has 1 aromatic heterocycles. The molecule has 0 saturated carbocycles. The Kier molecular flexibility index (Phi) is 9.46. The van der Waals surface area contributed by atoms with Gasteiger partial charge in [0.15, 0.2) is 5.69 Å².